The third-order valence-electron chi connectivity index (χ3n) is 5.85. The summed E-state index contributed by atoms with van der Waals surface area (Å²) in [6.07, 6.45) is 4.66. The van der Waals surface area contributed by atoms with Crippen LogP contribution in [-0.2, 0) is 4.74 Å². The number of likely N-dealkylation sites (N-methyl/N-ethyl adjacent to an activating group) is 1. The highest BCUT2D eigenvalue weighted by Crippen LogP contribution is 2.25. The Kier molecular flexibility index (Phi) is 5.76. The number of nitrogens with zero attached hydrogens (tertiary/aromatic N) is 4. The second-order valence-electron chi connectivity index (χ2n) is 7.99. The fraction of sp³-hybridized carbons (Fsp3) is 0.500. The molecule has 0 saturated carbocycles. The van der Waals surface area contributed by atoms with E-state index in [2.05, 4.69) is 9.88 Å². The number of hydrogen-bond acceptors (Lipinski definition) is 5. The molecule has 1 aliphatic heterocycles. The van der Waals surface area contributed by atoms with E-state index in [4.69, 9.17) is 9.72 Å². The Bertz CT molecular complexity index is 1130. The maximum absolute atomic E-state index is 12.9. The van der Waals surface area contributed by atoms with Crippen molar-refractivity contribution in [3.8, 4) is 0 Å². The molecule has 160 valence electrons. The molecule has 1 aromatic carbocycles. The summed E-state index contributed by atoms with van der Waals surface area (Å²) < 4.78 is 7.02. The molecule has 8 heteroatoms. The molecule has 1 fully saturated rings. The number of carbonyl (C=O) groups is 1. The average Bonchev–Trinajstić information content (AvgIpc) is 2.92. The van der Waals surface area contributed by atoms with Crippen LogP contribution in [0.25, 0.3) is 16.6 Å². The van der Waals surface area contributed by atoms with Crippen LogP contribution in [0.2, 0.25) is 0 Å². The predicted octanol–water partition coefficient (Wildman–Crippen LogP) is 2.58. The van der Waals surface area contributed by atoms with Crippen molar-refractivity contribution in [3.05, 3.63) is 39.8 Å². The lowest BCUT2D eigenvalue weighted by atomic mass is 10.1. The van der Waals surface area contributed by atoms with Crippen molar-refractivity contribution < 1.29 is 9.53 Å². The fourth-order valence-electron chi connectivity index (χ4n) is 4.18. The van der Waals surface area contributed by atoms with Gasteiger partial charge >= 0.3 is 0 Å². The molecule has 1 aliphatic rings. The van der Waals surface area contributed by atoms with E-state index in [9.17, 15) is 9.59 Å². The van der Waals surface area contributed by atoms with Gasteiger partial charge in [0.05, 0.1) is 23.3 Å². The zero-order chi connectivity index (χ0) is 21.3. The number of hydrogen-bond donors (Lipinski definition) is 1. The summed E-state index contributed by atoms with van der Waals surface area (Å²) in [4.78, 5) is 37.3. The van der Waals surface area contributed by atoms with E-state index in [0.29, 0.717) is 35.4 Å². The van der Waals surface area contributed by atoms with Crippen molar-refractivity contribution in [2.45, 2.75) is 32.6 Å². The average molecular weight is 412 g/mol. The van der Waals surface area contributed by atoms with Gasteiger partial charge in [-0.25, -0.2) is 4.98 Å². The molecule has 0 aliphatic carbocycles. The normalized spacial score (nSPS) is 15.0. The number of methoxy groups -OCH3 is 1. The smallest absolute Gasteiger partial charge is 0.274 e. The Morgan fingerprint density at radius 2 is 1.97 bits per heavy atom. The van der Waals surface area contributed by atoms with Gasteiger partial charge in [0.25, 0.3) is 11.5 Å². The molecule has 0 atom stereocenters. The van der Waals surface area contributed by atoms with Crippen LogP contribution < -0.4 is 10.5 Å². The van der Waals surface area contributed by atoms with Crippen LogP contribution in [-0.4, -0.2) is 65.6 Å². The van der Waals surface area contributed by atoms with Crippen molar-refractivity contribution >= 4 is 28.4 Å². The van der Waals surface area contributed by atoms with E-state index in [1.807, 2.05) is 17.4 Å². The highest BCUT2D eigenvalue weighted by molar-refractivity contribution is 5.97. The molecule has 1 saturated heterocycles. The molecular formula is C22H29N5O3. The molecule has 30 heavy (non-hydrogen) atoms. The molecule has 3 heterocycles. The Labute approximate surface area is 175 Å². The lowest BCUT2D eigenvalue weighted by molar-refractivity contribution is 0.0744. The van der Waals surface area contributed by atoms with Crippen molar-refractivity contribution in [1.82, 2.24) is 19.3 Å². The first kappa shape index (κ1) is 20.4. The molecule has 1 N–H and O–H groups in total. The van der Waals surface area contributed by atoms with Crippen molar-refractivity contribution in [3.63, 3.8) is 0 Å². The highest BCUT2D eigenvalue weighted by Gasteiger charge is 2.21. The molecule has 0 radical (unpaired) electrons. The van der Waals surface area contributed by atoms with Crippen LogP contribution in [0.4, 0.5) is 5.95 Å². The number of anilines is 1. The SMILES string of the molecule is COCCN(C)C(=O)c1ccc2[nH]c(=O)c3c(C)nc(N4CCCCCC4)n3c2c1. The van der Waals surface area contributed by atoms with Gasteiger partial charge in [-0.3, -0.25) is 14.0 Å². The summed E-state index contributed by atoms with van der Waals surface area (Å²) in [5, 5.41) is 0. The summed E-state index contributed by atoms with van der Waals surface area (Å²) in [5.74, 6) is 0.708. The minimum Gasteiger partial charge on any atom is -0.383 e. The first-order valence-corrected chi connectivity index (χ1v) is 10.6. The first-order chi connectivity index (χ1) is 14.5. The van der Waals surface area contributed by atoms with Crippen LogP contribution in [0, 0.1) is 6.92 Å². The van der Waals surface area contributed by atoms with Crippen LogP contribution in [0.1, 0.15) is 41.7 Å². The molecule has 8 nitrogen and oxygen atoms in total. The minimum absolute atomic E-state index is 0.0820. The summed E-state index contributed by atoms with van der Waals surface area (Å²) in [5.41, 5.74) is 3.13. The van der Waals surface area contributed by atoms with Crippen molar-refractivity contribution in [1.29, 1.82) is 0 Å². The van der Waals surface area contributed by atoms with Crippen LogP contribution in [0.15, 0.2) is 23.0 Å². The quantitative estimate of drug-likeness (QED) is 0.698. The lowest BCUT2D eigenvalue weighted by Crippen LogP contribution is -2.30. The number of amides is 1. The van der Waals surface area contributed by atoms with Gasteiger partial charge in [0.2, 0.25) is 5.95 Å². The second kappa shape index (κ2) is 8.47. The van der Waals surface area contributed by atoms with Crippen LogP contribution >= 0.6 is 0 Å². The number of nitrogens with one attached hydrogen (secondary N) is 1. The van der Waals surface area contributed by atoms with Crippen LogP contribution in [0.3, 0.4) is 0 Å². The van der Waals surface area contributed by atoms with Gasteiger partial charge in [0, 0.05) is 39.4 Å². The Morgan fingerprint density at radius 3 is 2.67 bits per heavy atom. The summed E-state index contributed by atoms with van der Waals surface area (Å²) >= 11 is 0. The molecular weight excluding hydrogens is 382 g/mol. The highest BCUT2D eigenvalue weighted by atomic mass is 16.5. The van der Waals surface area contributed by atoms with Crippen LogP contribution in [0.5, 0.6) is 0 Å². The third kappa shape index (κ3) is 3.67. The third-order valence-corrected chi connectivity index (χ3v) is 5.85. The molecule has 4 rings (SSSR count). The predicted molar refractivity (Wildman–Crippen MR) is 118 cm³/mol. The number of rotatable bonds is 5. The molecule has 0 unspecified atom stereocenters. The van der Waals surface area contributed by atoms with E-state index < -0.39 is 0 Å². The van der Waals surface area contributed by atoms with Gasteiger partial charge in [-0.2, -0.15) is 0 Å². The van der Waals surface area contributed by atoms with Gasteiger partial charge < -0.3 is 19.5 Å². The standard InChI is InChI=1S/C22H29N5O3/c1-15-19-20(28)24-17-9-8-16(21(29)25(2)12-13-30-3)14-18(17)27(19)22(23-15)26-10-6-4-5-7-11-26/h8-9,14H,4-7,10-13H2,1-3H3,(H,24,28). The first-order valence-electron chi connectivity index (χ1n) is 10.6. The number of imidazole rings is 1. The minimum atomic E-state index is -0.162. The summed E-state index contributed by atoms with van der Waals surface area (Å²) in [6, 6.07) is 5.41. The Balaban J connectivity index is 1.87. The Hall–Kier alpha value is -2.87. The second-order valence-corrected chi connectivity index (χ2v) is 7.99. The number of aromatic nitrogens is 3. The van der Waals surface area contributed by atoms with Crippen molar-refractivity contribution in [2.75, 3.05) is 45.3 Å². The number of aryl methyl sites for hydroxylation is 1. The number of H-pyrrole nitrogens is 1. The van der Waals surface area contributed by atoms with E-state index in [-0.39, 0.29) is 11.5 Å². The lowest BCUT2D eigenvalue weighted by Gasteiger charge is -2.21. The van der Waals surface area contributed by atoms with E-state index in [1.54, 1.807) is 31.2 Å². The fourth-order valence-corrected chi connectivity index (χ4v) is 4.18. The zero-order valence-electron chi connectivity index (χ0n) is 17.9. The van der Waals surface area contributed by atoms with Gasteiger partial charge in [-0.05, 0) is 38.0 Å². The summed E-state index contributed by atoms with van der Waals surface area (Å²) in [6.45, 7) is 4.70. The number of fused-ring (bicyclic) bond motifs is 3. The maximum atomic E-state index is 12.9. The Morgan fingerprint density at radius 1 is 1.23 bits per heavy atom. The van der Waals surface area contributed by atoms with Gasteiger partial charge in [-0.1, -0.05) is 12.8 Å². The molecule has 1 amide bonds. The molecule has 2 aromatic heterocycles. The van der Waals surface area contributed by atoms with E-state index in [1.165, 1.54) is 12.8 Å². The largest absolute Gasteiger partial charge is 0.383 e. The van der Waals surface area contributed by atoms with E-state index in [0.717, 1.165) is 37.4 Å². The number of aromatic amines is 1. The maximum Gasteiger partial charge on any atom is 0.274 e. The molecule has 0 bridgehead atoms. The zero-order valence-corrected chi connectivity index (χ0v) is 17.9. The van der Waals surface area contributed by atoms with E-state index >= 15 is 0 Å². The topological polar surface area (TPSA) is 82.9 Å². The number of ether oxygens (including phenoxy) is 1. The van der Waals surface area contributed by atoms with Gasteiger partial charge in [0.15, 0.2) is 0 Å². The van der Waals surface area contributed by atoms with Crippen molar-refractivity contribution in [2.24, 2.45) is 0 Å². The number of benzene rings is 1. The van der Waals surface area contributed by atoms with Gasteiger partial charge in [-0.15, -0.1) is 0 Å². The summed E-state index contributed by atoms with van der Waals surface area (Å²) in [7, 11) is 3.38. The molecule has 3 aromatic rings. The van der Waals surface area contributed by atoms with Gasteiger partial charge in [0.1, 0.15) is 5.52 Å². The number of carbonyl (C=O) groups excluding carboxylic acids is 1. The molecule has 0 spiro atoms. The monoisotopic (exact) mass is 411 g/mol.